The predicted octanol–water partition coefficient (Wildman–Crippen LogP) is 3.17. The molecule has 1 aliphatic rings. The lowest BCUT2D eigenvalue weighted by atomic mass is 9.90. The minimum atomic E-state index is 0.645. The summed E-state index contributed by atoms with van der Waals surface area (Å²) >= 11 is 0. The first-order valence-electron chi connectivity index (χ1n) is 7.48. The van der Waals surface area contributed by atoms with Gasteiger partial charge in [-0.05, 0) is 50.9 Å². The van der Waals surface area contributed by atoms with Gasteiger partial charge in [-0.15, -0.1) is 0 Å². The molecule has 106 valence electrons. The summed E-state index contributed by atoms with van der Waals surface area (Å²) in [5.41, 5.74) is 6.49. The molecule has 3 heteroatoms. The van der Waals surface area contributed by atoms with Gasteiger partial charge in [0.25, 0.3) is 0 Å². The molecule has 0 bridgehead atoms. The monoisotopic (exact) mass is 269 g/mol. The van der Waals surface area contributed by atoms with E-state index < -0.39 is 0 Å². The maximum absolute atomic E-state index is 4.81. The number of aromatic nitrogens is 2. The van der Waals surface area contributed by atoms with Crippen LogP contribution < -0.4 is 5.32 Å². The van der Waals surface area contributed by atoms with Gasteiger partial charge in [-0.3, -0.25) is 4.68 Å². The van der Waals surface area contributed by atoms with Gasteiger partial charge in [0, 0.05) is 24.2 Å². The second-order valence-electron chi connectivity index (χ2n) is 5.82. The summed E-state index contributed by atoms with van der Waals surface area (Å²) in [5, 5.41) is 8.25. The Balaban J connectivity index is 2.04. The van der Waals surface area contributed by atoms with Crippen LogP contribution in [0.2, 0.25) is 0 Å². The molecule has 0 atom stereocenters. The minimum Gasteiger partial charge on any atom is -0.317 e. The van der Waals surface area contributed by atoms with Crippen molar-refractivity contribution in [3.63, 3.8) is 0 Å². The first-order chi connectivity index (χ1) is 9.68. The van der Waals surface area contributed by atoms with Crippen LogP contribution in [0.25, 0.3) is 11.3 Å². The van der Waals surface area contributed by atoms with Gasteiger partial charge in [-0.1, -0.05) is 24.3 Å². The molecule has 1 fully saturated rings. The lowest BCUT2D eigenvalue weighted by Crippen LogP contribution is -2.27. The van der Waals surface area contributed by atoms with Crippen LogP contribution in [-0.2, 0) is 7.05 Å². The first kappa shape index (κ1) is 13.4. The summed E-state index contributed by atoms with van der Waals surface area (Å²) in [6, 6.07) is 8.52. The molecule has 1 aliphatic heterocycles. The summed E-state index contributed by atoms with van der Waals surface area (Å²) in [6.45, 7) is 6.63. The highest BCUT2D eigenvalue weighted by molar-refractivity contribution is 5.67. The average molecular weight is 269 g/mol. The summed E-state index contributed by atoms with van der Waals surface area (Å²) < 4.78 is 2.10. The molecule has 1 saturated heterocycles. The van der Waals surface area contributed by atoms with Crippen molar-refractivity contribution in [2.24, 2.45) is 7.05 Å². The van der Waals surface area contributed by atoms with Gasteiger partial charge in [-0.2, -0.15) is 5.10 Å². The largest absolute Gasteiger partial charge is 0.317 e. The van der Waals surface area contributed by atoms with E-state index in [4.69, 9.17) is 5.10 Å². The van der Waals surface area contributed by atoms with Gasteiger partial charge in [0.05, 0.1) is 5.69 Å². The van der Waals surface area contributed by atoms with E-state index in [1.54, 1.807) is 0 Å². The van der Waals surface area contributed by atoms with Crippen LogP contribution in [0.15, 0.2) is 24.3 Å². The van der Waals surface area contributed by atoms with Crippen LogP contribution in [0.4, 0.5) is 0 Å². The molecule has 2 aromatic rings. The van der Waals surface area contributed by atoms with E-state index in [0.717, 1.165) is 18.8 Å². The van der Waals surface area contributed by atoms with E-state index in [2.05, 4.69) is 55.2 Å². The quantitative estimate of drug-likeness (QED) is 0.907. The molecule has 0 unspecified atom stereocenters. The van der Waals surface area contributed by atoms with E-state index in [1.807, 2.05) is 0 Å². The Morgan fingerprint density at radius 3 is 2.55 bits per heavy atom. The number of benzene rings is 1. The van der Waals surface area contributed by atoms with Crippen LogP contribution >= 0.6 is 0 Å². The average Bonchev–Trinajstić information content (AvgIpc) is 2.75. The third-order valence-corrected chi connectivity index (χ3v) is 4.46. The number of piperidine rings is 1. The van der Waals surface area contributed by atoms with Gasteiger partial charge in [0.1, 0.15) is 0 Å². The van der Waals surface area contributed by atoms with Crippen molar-refractivity contribution in [1.29, 1.82) is 0 Å². The smallest absolute Gasteiger partial charge is 0.0957 e. The first-order valence-corrected chi connectivity index (χ1v) is 7.48. The van der Waals surface area contributed by atoms with Crippen molar-refractivity contribution in [3.05, 3.63) is 41.1 Å². The number of aryl methyl sites for hydroxylation is 2. The highest BCUT2D eigenvalue weighted by Crippen LogP contribution is 2.33. The third-order valence-electron chi connectivity index (χ3n) is 4.46. The molecule has 0 saturated carbocycles. The Kier molecular flexibility index (Phi) is 3.62. The summed E-state index contributed by atoms with van der Waals surface area (Å²) in [6.07, 6.45) is 2.43. The summed E-state index contributed by atoms with van der Waals surface area (Å²) in [4.78, 5) is 0. The Morgan fingerprint density at radius 2 is 1.85 bits per heavy atom. The molecule has 0 amide bonds. The minimum absolute atomic E-state index is 0.645. The van der Waals surface area contributed by atoms with E-state index in [-0.39, 0.29) is 0 Å². The van der Waals surface area contributed by atoms with Gasteiger partial charge >= 0.3 is 0 Å². The second-order valence-corrected chi connectivity index (χ2v) is 5.82. The highest BCUT2D eigenvalue weighted by atomic mass is 15.3. The highest BCUT2D eigenvalue weighted by Gasteiger charge is 2.23. The molecular weight excluding hydrogens is 246 g/mol. The fourth-order valence-electron chi connectivity index (χ4n) is 3.40. The molecule has 1 aromatic heterocycles. The molecule has 0 radical (unpaired) electrons. The molecule has 0 spiro atoms. The van der Waals surface area contributed by atoms with Crippen molar-refractivity contribution in [2.45, 2.75) is 32.6 Å². The van der Waals surface area contributed by atoms with E-state index in [9.17, 15) is 0 Å². The van der Waals surface area contributed by atoms with Crippen LogP contribution in [-0.4, -0.2) is 22.9 Å². The SMILES string of the molecule is Cc1ccccc1-c1nn(C)c(C2CCNCC2)c1C. The molecular formula is C17H23N3. The maximum Gasteiger partial charge on any atom is 0.0957 e. The van der Waals surface area contributed by atoms with E-state index in [1.165, 1.54) is 35.2 Å². The number of nitrogens with one attached hydrogen (secondary N) is 1. The predicted molar refractivity (Wildman–Crippen MR) is 83.0 cm³/mol. The lowest BCUT2D eigenvalue weighted by molar-refractivity contribution is 0.438. The zero-order valence-electron chi connectivity index (χ0n) is 12.6. The van der Waals surface area contributed by atoms with Crippen molar-refractivity contribution in [2.75, 3.05) is 13.1 Å². The number of hydrogen-bond acceptors (Lipinski definition) is 2. The van der Waals surface area contributed by atoms with Crippen molar-refractivity contribution >= 4 is 0 Å². The van der Waals surface area contributed by atoms with Crippen molar-refractivity contribution < 1.29 is 0 Å². The van der Waals surface area contributed by atoms with Crippen LogP contribution in [0.1, 0.15) is 35.6 Å². The van der Waals surface area contributed by atoms with Crippen LogP contribution in [0.5, 0.6) is 0 Å². The van der Waals surface area contributed by atoms with E-state index in [0.29, 0.717) is 5.92 Å². The molecule has 3 rings (SSSR count). The lowest BCUT2D eigenvalue weighted by Gasteiger charge is -2.23. The molecule has 0 aliphatic carbocycles. The van der Waals surface area contributed by atoms with Gasteiger partial charge < -0.3 is 5.32 Å². The Hall–Kier alpha value is -1.61. The number of hydrogen-bond donors (Lipinski definition) is 1. The van der Waals surface area contributed by atoms with Crippen molar-refractivity contribution in [1.82, 2.24) is 15.1 Å². The third kappa shape index (κ3) is 2.27. The topological polar surface area (TPSA) is 29.9 Å². The molecule has 1 N–H and O–H groups in total. The van der Waals surface area contributed by atoms with Crippen LogP contribution in [0.3, 0.4) is 0 Å². The Bertz CT molecular complexity index is 607. The number of nitrogens with zero attached hydrogens (tertiary/aromatic N) is 2. The van der Waals surface area contributed by atoms with Gasteiger partial charge in [-0.25, -0.2) is 0 Å². The fraction of sp³-hybridized carbons (Fsp3) is 0.471. The van der Waals surface area contributed by atoms with Gasteiger partial charge in [0.2, 0.25) is 0 Å². The zero-order chi connectivity index (χ0) is 14.1. The fourth-order valence-corrected chi connectivity index (χ4v) is 3.40. The van der Waals surface area contributed by atoms with Gasteiger partial charge in [0.15, 0.2) is 0 Å². The second kappa shape index (κ2) is 5.41. The Morgan fingerprint density at radius 1 is 1.15 bits per heavy atom. The summed E-state index contributed by atoms with van der Waals surface area (Å²) in [5.74, 6) is 0.645. The standard InChI is InChI=1S/C17H23N3/c1-12-6-4-5-7-15(12)16-13(2)17(20(3)19-16)14-8-10-18-11-9-14/h4-7,14,18H,8-11H2,1-3H3. The summed E-state index contributed by atoms with van der Waals surface area (Å²) in [7, 11) is 2.09. The van der Waals surface area contributed by atoms with Crippen molar-refractivity contribution in [3.8, 4) is 11.3 Å². The Labute approximate surface area is 121 Å². The molecule has 3 nitrogen and oxygen atoms in total. The molecule has 20 heavy (non-hydrogen) atoms. The molecule has 1 aromatic carbocycles. The number of rotatable bonds is 2. The molecule has 2 heterocycles. The normalized spacial score (nSPS) is 16.6. The zero-order valence-corrected chi connectivity index (χ0v) is 12.6. The maximum atomic E-state index is 4.81. The van der Waals surface area contributed by atoms with Crippen LogP contribution in [0, 0.1) is 13.8 Å². The van der Waals surface area contributed by atoms with E-state index >= 15 is 0 Å².